The minimum absolute atomic E-state index is 0.279. The van der Waals surface area contributed by atoms with E-state index in [1.54, 1.807) is 6.08 Å². The molecule has 0 saturated heterocycles. The highest BCUT2D eigenvalue weighted by Crippen LogP contribution is 2.32. The lowest BCUT2D eigenvalue weighted by atomic mass is 10.2. The molecule has 0 amide bonds. The first-order valence-electron chi connectivity index (χ1n) is 4.47. The number of azide groups is 1. The maximum absolute atomic E-state index is 8.08. The third-order valence-corrected chi connectivity index (χ3v) is 1.96. The van der Waals surface area contributed by atoms with Crippen LogP contribution in [-0.2, 0) is 0 Å². The molecule has 5 nitrogen and oxygen atoms in total. The van der Waals surface area contributed by atoms with Crippen molar-refractivity contribution in [1.82, 2.24) is 0 Å². The van der Waals surface area contributed by atoms with Crippen LogP contribution in [0.25, 0.3) is 16.5 Å². The molecule has 0 radical (unpaired) electrons. The predicted molar refractivity (Wildman–Crippen MR) is 55.6 cm³/mol. The summed E-state index contributed by atoms with van der Waals surface area (Å²) < 4.78 is 10.4. The van der Waals surface area contributed by atoms with Crippen LogP contribution in [0.4, 0.5) is 0 Å². The van der Waals surface area contributed by atoms with Crippen molar-refractivity contribution in [3.8, 4) is 11.5 Å². The summed E-state index contributed by atoms with van der Waals surface area (Å²) in [6.45, 7) is 0.631. The lowest BCUT2D eigenvalue weighted by Crippen LogP contribution is -1.92. The summed E-state index contributed by atoms with van der Waals surface area (Å²) in [5, 5.41) is 3.40. The number of fused-ring (bicyclic) bond motifs is 1. The molecule has 0 aromatic heterocycles. The molecule has 1 heterocycles. The molecule has 0 spiro atoms. The van der Waals surface area contributed by atoms with Gasteiger partial charge in [0.05, 0.1) is 0 Å². The lowest BCUT2D eigenvalue weighted by Gasteiger charge is -1.96. The Hall–Kier alpha value is -2.13. The first-order valence-corrected chi connectivity index (χ1v) is 4.47. The van der Waals surface area contributed by atoms with Crippen LogP contribution in [0, 0.1) is 0 Å². The van der Waals surface area contributed by atoms with Gasteiger partial charge in [0, 0.05) is 11.5 Å². The average molecular weight is 203 g/mol. The summed E-state index contributed by atoms with van der Waals surface area (Å²) in [6.07, 6.45) is 3.66. The Morgan fingerprint density at radius 3 is 3.13 bits per heavy atom. The van der Waals surface area contributed by atoms with Gasteiger partial charge in [-0.2, -0.15) is 0 Å². The summed E-state index contributed by atoms with van der Waals surface area (Å²) in [7, 11) is 0. The smallest absolute Gasteiger partial charge is 0.231 e. The highest BCUT2D eigenvalue weighted by molar-refractivity contribution is 5.56. The highest BCUT2D eigenvalue weighted by Gasteiger charge is 2.11. The molecular formula is C10H9N3O2. The fraction of sp³-hybridized carbons (Fsp3) is 0.200. The maximum atomic E-state index is 8.08. The monoisotopic (exact) mass is 203 g/mol. The number of ether oxygens (including phenoxy) is 2. The number of nitrogens with zero attached hydrogens (tertiary/aromatic N) is 3. The molecule has 0 saturated carbocycles. The van der Waals surface area contributed by atoms with Crippen molar-refractivity contribution in [2.75, 3.05) is 13.3 Å². The third kappa shape index (κ3) is 2.21. The zero-order valence-corrected chi connectivity index (χ0v) is 7.96. The van der Waals surface area contributed by atoms with Crippen LogP contribution >= 0.6 is 0 Å². The van der Waals surface area contributed by atoms with Gasteiger partial charge in [0.1, 0.15) is 0 Å². The Morgan fingerprint density at radius 1 is 1.40 bits per heavy atom. The van der Waals surface area contributed by atoms with Crippen LogP contribution in [0.5, 0.6) is 11.5 Å². The molecule has 0 fully saturated rings. The Labute approximate surface area is 86.6 Å². The second-order valence-corrected chi connectivity index (χ2v) is 2.93. The molecule has 0 aliphatic carbocycles. The largest absolute Gasteiger partial charge is 0.454 e. The fourth-order valence-corrected chi connectivity index (χ4v) is 1.29. The second kappa shape index (κ2) is 4.39. The summed E-state index contributed by atoms with van der Waals surface area (Å²) >= 11 is 0. The first kappa shape index (κ1) is 9.43. The molecule has 1 aliphatic rings. The van der Waals surface area contributed by atoms with Gasteiger partial charge in [-0.05, 0) is 23.2 Å². The molecule has 1 aromatic rings. The van der Waals surface area contributed by atoms with Crippen LogP contribution in [0.3, 0.4) is 0 Å². The topological polar surface area (TPSA) is 67.2 Å². The average Bonchev–Trinajstić information content (AvgIpc) is 2.71. The second-order valence-electron chi connectivity index (χ2n) is 2.93. The normalized spacial score (nSPS) is 12.8. The molecule has 1 aromatic carbocycles. The molecule has 0 unspecified atom stereocenters. The van der Waals surface area contributed by atoms with E-state index < -0.39 is 0 Å². The van der Waals surface area contributed by atoms with Gasteiger partial charge >= 0.3 is 0 Å². The van der Waals surface area contributed by atoms with Gasteiger partial charge in [0.15, 0.2) is 11.5 Å². The van der Waals surface area contributed by atoms with Crippen molar-refractivity contribution in [3.63, 3.8) is 0 Å². The van der Waals surface area contributed by atoms with Crippen LogP contribution in [-0.4, -0.2) is 13.3 Å². The van der Waals surface area contributed by atoms with E-state index in [1.165, 1.54) is 0 Å². The van der Waals surface area contributed by atoms with Crippen molar-refractivity contribution in [2.45, 2.75) is 0 Å². The first-order chi connectivity index (χ1) is 7.40. The molecule has 0 N–H and O–H groups in total. The van der Waals surface area contributed by atoms with Crippen molar-refractivity contribution in [3.05, 3.63) is 40.3 Å². The van der Waals surface area contributed by atoms with Gasteiger partial charge in [0.25, 0.3) is 0 Å². The van der Waals surface area contributed by atoms with E-state index in [4.69, 9.17) is 15.0 Å². The molecule has 1 aliphatic heterocycles. The molecule has 76 valence electrons. The molecule has 2 rings (SSSR count). The van der Waals surface area contributed by atoms with E-state index in [0.717, 1.165) is 17.1 Å². The third-order valence-electron chi connectivity index (χ3n) is 1.96. The Kier molecular flexibility index (Phi) is 2.76. The van der Waals surface area contributed by atoms with Gasteiger partial charge < -0.3 is 9.47 Å². The van der Waals surface area contributed by atoms with Crippen molar-refractivity contribution in [2.24, 2.45) is 5.11 Å². The molecule has 0 atom stereocenters. The molecule has 15 heavy (non-hydrogen) atoms. The van der Waals surface area contributed by atoms with Gasteiger partial charge in [-0.3, -0.25) is 0 Å². The Bertz CT molecular complexity index is 436. The minimum atomic E-state index is 0.279. The summed E-state index contributed by atoms with van der Waals surface area (Å²) in [5.74, 6) is 1.52. The van der Waals surface area contributed by atoms with Crippen LogP contribution in [0.15, 0.2) is 29.4 Å². The number of hydrogen-bond acceptors (Lipinski definition) is 3. The summed E-state index contributed by atoms with van der Waals surface area (Å²) in [6, 6.07) is 5.66. The van der Waals surface area contributed by atoms with Crippen LogP contribution in [0.1, 0.15) is 5.56 Å². The lowest BCUT2D eigenvalue weighted by molar-refractivity contribution is 0.174. The highest BCUT2D eigenvalue weighted by atomic mass is 16.7. The van der Waals surface area contributed by atoms with E-state index in [9.17, 15) is 0 Å². The maximum Gasteiger partial charge on any atom is 0.231 e. The quantitative estimate of drug-likeness (QED) is 0.430. The van der Waals surface area contributed by atoms with E-state index in [0.29, 0.717) is 6.54 Å². The number of rotatable bonds is 3. The van der Waals surface area contributed by atoms with E-state index in [2.05, 4.69) is 10.0 Å². The van der Waals surface area contributed by atoms with Crippen molar-refractivity contribution >= 4 is 6.08 Å². The summed E-state index contributed by atoms with van der Waals surface area (Å²) in [4.78, 5) is 2.65. The van der Waals surface area contributed by atoms with Crippen molar-refractivity contribution < 1.29 is 9.47 Å². The van der Waals surface area contributed by atoms with E-state index in [-0.39, 0.29) is 6.79 Å². The number of hydrogen-bond donors (Lipinski definition) is 0. The molecule has 5 heteroatoms. The Morgan fingerprint density at radius 2 is 2.27 bits per heavy atom. The van der Waals surface area contributed by atoms with E-state index in [1.807, 2.05) is 24.3 Å². The van der Waals surface area contributed by atoms with Gasteiger partial charge in [-0.15, -0.1) is 0 Å². The standard InChI is InChI=1S/C10H9N3O2/c11-13-12-5-1-2-8-3-4-9-10(6-8)15-7-14-9/h1-4,6H,5,7H2. The SMILES string of the molecule is [N-]=[N+]=NCC=Cc1ccc2c(c1)OCO2. The van der Waals surface area contributed by atoms with Crippen molar-refractivity contribution in [1.29, 1.82) is 0 Å². The van der Waals surface area contributed by atoms with Gasteiger partial charge in [-0.1, -0.05) is 23.3 Å². The summed E-state index contributed by atoms with van der Waals surface area (Å²) in [5.41, 5.74) is 9.07. The Balaban J connectivity index is 2.09. The van der Waals surface area contributed by atoms with Crippen LogP contribution < -0.4 is 9.47 Å². The number of benzene rings is 1. The zero-order chi connectivity index (χ0) is 10.5. The predicted octanol–water partition coefficient (Wildman–Crippen LogP) is 2.74. The minimum Gasteiger partial charge on any atom is -0.454 e. The van der Waals surface area contributed by atoms with Gasteiger partial charge in [-0.25, -0.2) is 0 Å². The van der Waals surface area contributed by atoms with Crippen LogP contribution in [0.2, 0.25) is 0 Å². The molecular weight excluding hydrogens is 194 g/mol. The molecule has 0 bridgehead atoms. The zero-order valence-electron chi connectivity index (χ0n) is 7.96. The van der Waals surface area contributed by atoms with E-state index >= 15 is 0 Å². The fourth-order valence-electron chi connectivity index (χ4n) is 1.29. The van der Waals surface area contributed by atoms with Gasteiger partial charge in [0.2, 0.25) is 6.79 Å².